The fourth-order valence-corrected chi connectivity index (χ4v) is 6.82. The van der Waals surface area contributed by atoms with Gasteiger partial charge in [0.05, 0.1) is 0 Å². The normalized spacial score (nSPS) is 49.9. The Labute approximate surface area is 153 Å². The molecule has 5 heteroatoms. The molecule has 140 valence electrons. The van der Waals surface area contributed by atoms with Crippen molar-refractivity contribution in [3.05, 3.63) is 23.8 Å². The van der Waals surface area contributed by atoms with Crippen LogP contribution in [-0.2, 0) is 14.4 Å². The minimum Gasteiger partial charge on any atom is -0.479 e. The van der Waals surface area contributed by atoms with Gasteiger partial charge in [0.25, 0.3) is 0 Å². The monoisotopic (exact) mass is 358 g/mol. The highest BCUT2D eigenvalue weighted by atomic mass is 16.4. The molecule has 4 aliphatic rings. The number of carbonyl (C=O) groups is 3. The van der Waals surface area contributed by atoms with Gasteiger partial charge in [-0.05, 0) is 49.2 Å². The molecule has 3 saturated carbocycles. The van der Waals surface area contributed by atoms with Gasteiger partial charge in [-0.2, -0.15) is 0 Å². The van der Waals surface area contributed by atoms with Crippen LogP contribution in [0.15, 0.2) is 23.8 Å². The molecule has 0 unspecified atom stereocenters. The summed E-state index contributed by atoms with van der Waals surface area (Å²) in [5.41, 5.74) is -2.26. The third-order valence-electron chi connectivity index (χ3n) is 8.16. The van der Waals surface area contributed by atoms with E-state index in [0.717, 1.165) is 18.4 Å². The van der Waals surface area contributed by atoms with E-state index in [1.165, 1.54) is 0 Å². The van der Waals surface area contributed by atoms with Crippen LogP contribution in [0.5, 0.6) is 0 Å². The average molecular weight is 358 g/mol. The molecule has 7 atom stereocenters. The number of fused-ring (bicyclic) bond motifs is 5. The molecule has 0 aromatic heterocycles. The molecule has 3 fully saturated rings. The lowest BCUT2D eigenvalue weighted by Gasteiger charge is -2.56. The predicted octanol–water partition coefficient (Wildman–Crippen LogP) is 2.54. The molecule has 0 aromatic rings. The van der Waals surface area contributed by atoms with Crippen molar-refractivity contribution in [1.29, 1.82) is 0 Å². The molecule has 0 bridgehead atoms. The molecule has 0 spiro atoms. The van der Waals surface area contributed by atoms with Crippen LogP contribution in [0, 0.1) is 34.5 Å². The van der Waals surface area contributed by atoms with Gasteiger partial charge >= 0.3 is 5.97 Å². The summed E-state index contributed by atoms with van der Waals surface area (Å²) in [6, 6.07) is 0. The van der Waals surface area contributed by atoms with Crippen LogP contribution < -0.4 is 0 Å². The lowest BCUT2D eigenvalue weighted by molar-refractivity contribution is -0.187. The Balaban J connectivity index is 1.80. The van der Waals surface area contributed by atoms with Crippen molar-refractivity contribution < 1.29 is 24.6 Å². The number of aliphatic hydroxyl groups is 1. The van der Waals surface area contributed by atoms with Crippen LogP contribution in [0.3, 0.4) is 0 Å². The first-order valence-electron chi connectivity index (χ1n) is 9.48. The standard InChI is InChI=1S/C21H26O5/c1-11-8-15-14-5-4-12-9-13(22)6-7-19(12,2)17(14)16(23)10-20(15,3)21(11,26)18(24)25/h6-7,9,11,14-15,17,26H,4-5,8,10H2,1-3H3,(H,24,25)/t11-,14-,15-,17+,19-,20-,21-/m0/s1. The van der Waals surface area contributed by atoms with Gasteiger partial charge in [-0.3, -0.25) is 9.59 Å². The molecule has 4 rings (SSSR count). The van der Waals surface area contributed by atoms with Gasteiger partial charge in [-0.1, -0.05) is 32.4 Å². The summed E-state index contributed by atoms with van der Waals surface area (Å²) >= 11 is 0. The largest absolute Gasteiger partial charge is 0.479 e. The highest BCUT2D eigenvalue weighted by molar-refractivity contribution is 6.02. The maximum Gasteiger partial charge on any atom is 0.336 e. The maximum absolute atomic E-state index is 13.3. The molecule has 26 heavy (non-hydrogen) atoms. The lowest BCUT2D eigenvalue weighted by atomic mass is 9.47. The Morgan fingerprint density at radius 2 is 1.96 bits per heavy atom. The highest BCUT2D eigenvalue weighted by Gasteiger charge is 2.71. The molecule has 0 saturated heterocycles. The summed E-state index contributed by atoms with van der Waals surface area (Å²) in [5.74, 6) is -1.83. The lowest BCUT2D eigenvalue weighted by Crippen LogP contribution is -2.61. The van der Waals surface area contributed by atoms with Crippen molar-refractivity contribution in [2.45, 2.75) is 52.1 Å². The second-order valence-electron chi connectivity index (χ2n) is 9.24. The smallest absolute Gasteiger partial charge is 0.336 e. The van der Waals surface area contributed by atoms with E-state index in [1.807, 2.05) is 13.0 Å². The molecule has 2 N–H and O–H groups in total. The van der Waals surface area contributed by atoms with Crippen LogP contribution in [-0.4, -0.2) is 33.3 Å². The Bertz CT molecular complexity index is 779. The number of Topliss-reactive ketones (excluding diaryl/α,β-unsaturated/α-hetero) is 1. The van der Waals surface area contributed by atoms with E-state index in [0.29, 0.717) is 6.42 Å². The van der Waals surface area contributed by atoms with Gasteiger partial charge in [0.15, 0.2) is 11.4 Å². The van der Waals surface area contributed by atoms with Crippen molar-refractivity contribution in [3.63, 3.8) is 0 Å². The first-order valence-corrected chi connectivity index (χ1v) is 9.48. The number of carbonyl (C=O) groups excluding carboxylic acids is 2. The Morgan fingerprint density at radius 3 is 2.62 bits per heavy atom. The maximum atomic E-state index is 13.3. The van der Waals surface area contributed by atoms with Crippen molar-refractivity contribution in [2.75, 3.05) is 0 Å². The number of ketones is 2. The molecule has 0 aliphatic heterocycles. The van der Waals surface area contributed by atoms with Crippen LogP contribution in [0.25, 0.3) is 0 Å². The first kappa shape index (κ1) is 17.7. The number of aliphatic carboxylic acids is 1. The molecule has 0 heterocycles. The number of rotatable bonds is 1. The third-order valence-corrected chi connectivity index (χ3v) is 8.16. The van der Waals surface area contributed by atoms with Gasteiger partial charge in [0.1, 0.15) is 5.78 Å². The quantitative estimate of drug-likeness (QED) is 0.751. The van der Waals surface area contributed by atoms with Gasteiger partial charge in [-0.15, -0.1) is 0 Å². The van der Waals surface area contributed by atoms with Crippen LogP contribution in [0.2, 0.25) is 0 Å². The Morgan fingerprint density at radius 1 is 1.27 bits per heavy atom. The molecule has 0 amide bonds. The second-order valence-corrected chi connectivity index (χ2v) is 9.24. The van der Waals surface area contributed by atoms with E-state index < -0.39 is 28.3 Å². The van der Waals surface area contributed by atoms with Crippen LogP contribution >= 0.6 is 0 Å². The highest BCUT2D eigenvalue weighted by Crippen LogP contribution is 2.67. The third kappa shape index (κ3) is 1.87. The zero-order valence-electron chi connectivity index (χ0n) is 15.5. The minimum atomic E-state index is -1.87. The van der Waals surface area contributed by atoms with Gasteiger partial charge in [0.2, 0.25) is 0 Å². The zero-order chi connectivity index (χ0) is 19.1. The average Bonchev–Trinajstić information content (AvgIpc) is 2.76. The van der Waals surface area contributed by atoms with Crippen molar-refractivity contribution in [2.24, 2.45) is 34.5 Å². The second kappa shape index (κ2) is 5.16. The van der Waals surface area contributed by atoms with E-state index in [4.69, 9.17) is 0 Å². The summed E-state index contributed by atoms with van der Waals surface area (Å²) in [4.78, 5) is 37.0. The number of hydrogen-bond acceptors (Lipinski definition) is 4. The molecule has 0 aromatic carbocycles. The van der Waals surface area contributed by atoms with Crippen LogP contribution in [0.1, 0.15) is 46.5 Å². The molecule has 4 aliphatic carbocycles. The number of allylic oxidation sites excluding steroid dienone is 4. The van der Waals surface area contributed by atoms with E-state index in [9.17, 15) is 24.6 Å². The van der Waals surface area contributed by atoms with E-state index in [-0.39, 0.29) is 35.7 Å². The van der Waals surface area contributed by atoms with Crippen molar-refractivity contribution in [1.82, 2.24) is 0 Å². The molecular weight excluding hydrogens is 332 g/mol. The Hall–Kier alpha value is -1.75. The van der Waals surface area contributed by atoms with Crippen LogP contribution in [0.4, 0.5) is 0 Å². The first-order chi connectivity index (χ1) is 12.1. The SMILES string of the molecule is C[C@H]1C[C@H]2[C@@H]3CCC4=CC(=O)C=C[C@]4(C)[C@H]3C(=O)C[C@]2(C)[C@@]1(O)C(=O)O. The van der Waals surface area contributed by atoms with Crippen molar-refractivity contribution in [3.8, 4) is 0 Å². The van der Waals surface area contributed by atoms with Crippen molar-refractivity contribution >= 4 is 17.5 Å². The number of hydrogen-bond donors (Lipinski definition) is 2. The summed E-state index contributed by atoms with van der Waals surface area (Å²) < 4.78 is 0. The van der Waals surface area contributed by atoms with Gasteiger partial charge in [0, 0.05) is 23.2 Å². The van der Waals surface area contributed by atoms with Gasteiger partial charge in [-0.25, -0.2) is 4.79 Å². The molecule has 5 nitrogen and oxygen atoms in total. The predicted molar refractivity (Wildman–Crippen MR) is 94.1 cm³/mol. The molecular formula is C21H26O5. The van der Waals surface area contributed by atoms with E-state index in [1.54, 1.807) is 26.0 Å². The number of carboxylic acid groups (broad SMARTS) is 1. The summed E-state index contributed by atoms with van der Waals surface area (Å²) in [6.45, 7) is 5.60. The van der Waals surface area contributed by atoms with E-state index >= 15 is 0 Å². The fourth-order valence-electron chi connectivity index (χ4n) is 6.82. The Kier molecular flexibility index (Phi) is 3.50. The topological polar surface area (TPSA) is 91.7 Å². The van der Waals surface area contributed by atoms with Gasteiger partial charge < -0.3 is 10.2 Å². The zero-order valence-corrected chi connectivity index (χ0v) is 15.5. The summed E-state index contributed by atoms with van der Waals surface area (Å²) in [5, 5.41) is 20.9. The van der Waals surface area contributed by atoms with E-state index in [2.05, 4.69) is 0 Å². The summed E-state index contributed by atoms with van der Waals surface area (Å²) in [6.07, 6.45) is 7.31. The minimum absolute atomic E-state index is 0.00861. The fraction of sp³-hybridized carbons (Fsp3) is 0.667. The number of carboxylic acids is 1. The summed E-state index contributed by atoms with van der Waals surface area (Å²) in [7, 11) is 0. The molecule has 0 radical (unpaired) electrons.